The van der Waals surface area contributed by atoms with Crippen LogP contribution in [0.5, 0.6) is 5.95 Å². The molecule has 8 heteroatoms. The second kappa shape index (κ2) is 3.23. The fourth-order valence-electron chi connectivity index (χ4n) is 1.00. The Bertz CT molecular complexity index is 523. The molecule has 15 heavy (non-hydrogen) atoms. The molecular formula is C7H6NO6P. The molecule has 0 fully saturated rings. The van der Waals surface area contributed by atoms with Crippen LogP contribution in [0, 0.1) is 0 Å². The van der Waals surface area contributed by atoms with Gasteiger partial charge in [0.05, 0.1) is 6.07 Å². The van der Waals surface area contributed by atoms with Crippen LogP contribution in [0.2, 0.25) is 0 Å². The summed E-state index contributed by atoms with van der Waals surface area (Å²) in [5.74, 6) is -0.295. The van der Waals surface area contributed by atoms with Gasteiger partial charge in [-0.1, -0.05) is 5.16 Å². The van der Waals surface area contributed by atoms with Gasteiger partial charge in [-0.25, -0.2) is 0 Å². The highest BCUT2D eigenvalue weighted by Crippen LogP contribution is 2.35. The number of hydrogen-bond donors (Lipinski definition) is 3. The molecule has 0 aliphatic carbocycles. The molecule has 0 saturated heterocycles. The van der Waals surface area contributed by atoms with E-state index in [1.807, 2.05) is 0 Å². The maximum Gasteiger partial charge on any atom is 0.391 e. The summed E-state index contributed by atoms with van der Waals surface area (Å²) in [4.78, 5) is 17.6. The lowest BCUT2D eigenvalue weighted by atomic mass is 10.3. The van der Waals surface area contributed by atoms with E-state index in [9.17, 15) is 4.57 Å². The zero-order valence-corrected chi connectivity index (χ0v) is 8.09. The standard InChI is InChI=1S/C7H6NO6P/c9-6-3-4(8-14-6)5-1-2-7(13-5)15(10,11)12/h1-3,9H,(H2,10,11,12). The monoisotopic (exact) mass is 231 g/mol. The first-order chi connectivity index (χ1) is 6.97. The molecule has 2 aromatic rings. The maximum absolute atomic E-state index is 10.8. The second-order valence-corrected chi connectivity index (χ2v) is 4.26. The van der Waals surface area contributed by atoms with E-state index < -0.39 is 19.0 Å². The Balaban J connectivity index is 2.40. The van der Waals surface area contributed by atoms with Crippen molar-refractivity contribution in [1.82, 2.24) is 5.16 Å². The van der Waals surface area contributed by atoms with E-state index in [2.05, 4.69) is 9.68 Å². The number of aromatic nitrogens is 1. The molecule has 0 atom stereocenters. The van der Waals surface area contributed by atoms with Crippen molar-refractivity contribution >= 4 is 13.1 Å². The van der Waals surface area contributed by atoms with Gasteiger partial charge in [0.2, 0.25) is 5.50 Å². The van der Waals surface area contributed by atoms with Crippen LogP contribution in [0.3, 0.4) is 0 Å². The molecule has 0 aliphatic rings. The van der Waals surface area contributed by atoms with Gasteiger partial charge in [-0.3, -0.25) is 4.57 Å². The van der Waals surface area contributed by atoms with Crippen LogP contribution in [0.15, 0.2) is 27.1 Å². The molecule has 2 aromatic heterocycles. The summed E-state index contributed by atoms with van der Waals surface area (Å²) in [6.45, 7) is 0. The van der Waals surface area contributed by atoms with Crippen molar-refractivity contribution in [3.05, 3.63) is 18.2 Å². The van der Waals surface area contributed by atoms with E-state index in [-0.39, 0.29) is 11.5 Å². The molecule has 2 rings (SSSR count). The topological polar surface area (TPSA) is 117 Å². The molecule has 0 radical (unpaired) electrons. The van der Waals surface area contributed by atoms with Crippen LogP contribution < -0.4 is 5.50 Å². The summed E-state index contributed by atoms with van der Waals surface area (Å²) in [7, 11) is -4.40. The molecule has 0 spiro atoms. The zero-order chi connectivity index (χ0) is 11.1. The second-order valence-electron chi connectivity index (χ2n) is 2.73. The average molecular weight is 231 g/mol. The first-order valence-electron chi connectivity index (χ1n) is 3.79. The predicted molar refractivity (Wildman–Crippen MR) is 47.5 cm³/mol. The minimum atomic E-state index is -4.40. The number of nitrogens with zero attached hydrogens (tertiary/aromatic N) is 1. The van der Waals surface area contributed by atoms with E-state index in [4.69, 9.17) is 19.3 Å². The molecular weight excluding hydrogens is 225 g/mol. The van der Waals surface area contributed by atoms with E-state index in [1.54, 1.807) is 0 Å². The molecule has 0 aromatic carbocycles. The van der Waals surface area contributed by atoms with E-state index >= 15 is 0 Å². The average Bonchev–Trinajstić information content (AvgIpc) is 2.69. The summed E-state index contributed by atoms with van der Waals surface area (Å²) in [5, 5.41) is 12.3. The van der Waals surface area contributed by atoms with Gasteiger partial charge in [0, 0.05) is 0 Å². The van der Waals surface area contributed by atoms with Crippen LogP contribution in [-0.2, 0) is 4.57 Å². The summed E-state index contributed by atoms with van der Waals surface area (Å²) >= 11 is 0. The SMILES string of the molecule is O=P(O)(O)c1ccc(-c2cc(O)on2)o1. The fourth-order valence-corrected chi connectivity index (χ4v) is 1.49. The Labute approximate surface area is 83.1 Å². The van der Waals surface area contributed by atoms with Crippen LogP contribution in [0.4, 0.5) is 0 Å². The summed E-state index contributed by atoms with van der Waals surface area (Å²) in [5.41, 5.74) is -0.299. The highest BCUT2D eigenvalue weighted by molar-refractivity contribution is 7.59. The first-order valence-corrected chi connectivity index (χ1v) is 5.40. The van der Waals surface area contributed by atoms with Crippen molar-refractivity contribution < 1.29 is 28.4 Å². The Morgan fingerprint density at radius 1 is 1.33 bits per heavy atom. The van der Waals surface area contributed by atoms with Crippen LogP contribution in [-0.4, -0.2) is 20.1 Å². The highest BCUT2D eigenvalue weighted by Gasteiger charge is 2.23. The number of furan rings is 1. The molecule has 0 amide bonds. The lowest BCUT2D eigenvalue weighted by molar-refractivity contribution is 0.278. The quantitative estimate of drug-likeness (QED) is 0.642. The van der Waals surface area contributed by atoms with Crippen molar-refractivity contribution in [3.63, 3.8) is 0 Å². The van der Waals surface area contributed by atoms with E-state index in [0.717, 1.165) is 6.07 Å². The molecule has 0 saturated carbocycles. The van der Waals surface area contributed by atoms with Gasteiger partial charge in [-0.05, 0) is 12.1 Å². The predicted octanol–water partition coefficient (Wildman–Crippen LogP) is 0.443. The molecule has 0 aliphatic heterocycles. The molecule has 0 bridgehead atoms. The lowest BCUT2D eigenvalue weighted by Gasteiger charge is -1.96. The third kappa shape index (κ3) is 1.94. The Hall–Kier alpha value is -1.56. The van der Waals surface area contributed by atoms with Crippen molar-refractivity contribution in [3.8, 4) is 17.4 Å². The van der Waals surface area contributed by atoms with Crippen molar-refractivity contribution in [1.29, 1.82) is 0 Å². The van der Waals surface area contributed by atoms with Gasteiger partial charge in [0.15, 0.2) is 11.5 Å². The number of rotatable bonds is 2. The Kier molecular flexibility index (Phi) is 2.15. The molecule has 3 N–H and O–H groups in total. The highest BCUT2D eigenvalue weighted by atomic mass is 31.2. The Morgan fingerprint density at radius 3 is 2.53 bits per heavy atom. The van der Waals surface area contributed by atoms with Crippen LogP contribution in [0.25, 0.3) is 11.5 Å². The van der Waals surface area contributed by atoms with Gasteiger partial charge in [0.25, 0.3) is 0 Å². The lowest BCUT2D eigenvalue weighted by Crippen LogP contribution is -1.98. The molecule has 7 nitrogen and oxygen atoms in total. The van der Waals surface area contributed by atoms with Gasteiger partial charge >= 0.3 is 13.5 Å². The number of aromatic hydroxyl groups is 1. The number of hydrogen-bond acceptors (Lipinski definition) is 5. The van der Waals surface area contributed by atoms with Crippen molar-refractivity contribution in [2.75, 3.05) is 0 Å². The van der Waals surface area contributed by atoms with Crippen LogP contribution in [0.1, 0.15) is 0 Å². The zero-order valence-electron chi connectivity index (χ0n) is 7.19. The largest absolute Gasteiger partial charge is 0.479 e. The van der Waals surface area contributed by atoms with E-state index in [0.29, 0.717) is 0 Å². The fraction of sp³-hybridized carbons (Fsp3) is 0. The van der Waals surface area contributed by atoms with Gasteiger partial charge < -0.3 is 23.8 Å². The normalized spacial score (nSPS) is 11.9. The first kappa shape index (κ1) is 9.97. The summed E-state index contributed by atoms with van der Waals surface area (Å²) < 4.78 is 20.0. The third-order valence-electron chi connectivity index (χ3n) is 1.63. The van der Waals surface area contributed by atoms with E-state index in [1.165, 1.54) is 12.1 Å². The minimum absolute atomic E-state index is 0.109. The van der Waals surface area contributed by atoms with Crippen molar-refractivity contribution in [2.24, 2.45) is 0 Å². The maximum atomic E-state index is 10.8. The van der Waals surface area contributed by atoms with Crippen molar-refractivity contribution in [2.45, 2.75) is 0 Å². The summed E-state index contributed by atoms with van der Waals surface area (Å²) in [6, 6.07) is 3.63. The smallest absolute Gasteiger partial charge is 0.391 e. The molecule has 0 unspecified atom stereocenters. The van der Waals surface area contributed by atoms with Gasteiger partial charge in [-0.15, -0.1) is 0 Å². The Morgan fingerprint density at radius 2 is 2.07 bits per heavy atom. The summed E-state index contributed by atoms with van der Waals surface area (Å²) in [6.07, 6.45) is 0. The molecule has 80 valence electrons. The van der Waals surface area contributed by atoms with Gasteiger partial charge in [0.1, 0.15) is 0 Å². The van der Waals surface area contributed by atoms with Gasteiger partial charge in [-0.2, -0.15) is 0 Å². The third-order valence-corrected chi connectivity index (χ3v) is 2.44. The molecule has 2 heterocycles. The minimum Gasteiger partial charge on any atom is -0.479 e. The van der Waals surface area contributed by atoms with Crippen LogP contribution >= 0.6 is 7.60 Å².